The highest BCUT2D eigenvalue weighted by Crippen LogP contribution is 2.50. The highest BCUT2D eigenvalue weighted by Gasteiger charge is 2.43. The second-order valence-corrected chi connectivity index (χ2v) is 10.7. The van der Waals surface area contributed by atoms with E-state index in [1.54, 1.807) is 7.11 Å². The number of Topliss-reactive ketones (excluding diaryl/α,β-unsaturated/α-hetero) is 2. The molecule has 0 N–H and O–H groups in total. The smallest absolute Gasteiger partial charge is 0.161 e. The van der Waals surface area contributed by atoms with Crippen LogP contribution >= 0.6 is 15.9 Å². The van der Waals surface area contributed by atoms with E-state index < -0.39 is 0 Å². The van der Waals surface area contributed by atoms with Crippen molar-refractivity contribution in [1.82, 2.24) is 4.90 Å². The summed E-state index contributed by atoms with van der Waals surface area (Å²) >= 11 is 3.58. The van der Waals surface area contributed by atoms with Gasteiger partial charge in [0, 0.05) is 65.0 Å². The number of allylic oxidation sites excluding steroid dienone is 4. The first-order chi connectivity index (χ1) is 18.5. The van der Waals surface area contributed by atoms with Crippen LogP contribution in [0.1, 0.15) is 62.5 Å². The number of hydrogen-bond acceptors (Lipinski definition) is 6. The largest absolute Gasteiger partial charge is 0.490 e. The van der Waals surface area contributed by atoms with Crippen molar-refractivity contribution in [3.63, 3.8) is 0 Å². The zero-order valence-electron chi connectivity index (χ0n) is 22.1. The molecule has 0 aromatic heterocycles. The summed E-state index contributed by atoms with van der Waals surface area (Å²) in [5.74, 6) is 1.15. The summed E-state index contributed by atoms with van der Waals surface area (Å²) in [5.41, 5.74) is 5.59. The van der Waals surface area contributed by atoms with Crippen LogP contribution in [0.4, 0.5) is 0 Å². The molecule has 5 rings (SSSR count). The monoisotopic (exact) mass is 579 g/mol. The van der Waals surface area contributed by atoms with E-state index in [9.17, 15) is 9.59 Å². The van der Waals surface area contributed by atoms with E-state index in [1.165, 1.54) is 0 Å². The van der Waals surface area contributed by atoms with E-state index in [-0.39, 0.29) is 17.5 Å². The second-order valence-electron chi connectivity index (χ2n) is 9.87. The van der Waals surface area contributed by atoms with Crippen molar-refractivity contribution in [2.75, 3.05) is 26.9 Å². The maximum Gasteiger partial charge on any atom is 0.161 e. The van der Waals surface area contributed by atoms with Gasteiger partial charge in [-0.3, -0.25) is 9.59 Å². The Labute approximate surface area is 232 Å². The van der Waals surface area contributed by atoms with Crippen LogP contribution in [-0.2, 0) is 20.9 Å². The van der Waals surface area contributed by atoms with Gasteiger partial charge >= 0.3 is 0 Å². The average molecular weight is 581 g/mol. The number of carbonyl (C=O) groups excluding carboxylic acids is 2. The molecule has 2 aromatic carbocycles. The third-order valence-electron chi connectivity index (χ3n) is 7.55. The van der Waals surface area contributed by atoms with E-state index in [0.29, 0.717) is 50.7 Å². The highest BCUT2D eigenvalue weighted by molar-refractivity contribution is 9.10. The Hall–Kier alpha value is -2.90. The van der Waals surface area contributed by atoms with Crippen LogP contribution in [0.5, 0.6) is 11.5 Å². The first kappa shape index (κ1) is 26.7. The quantitative estimate of drug-likeness (QED) is 0.338. The predicted molar refractivity (Wildman–Crippen MR) is 149 cm³/mol. The summed E-state index contributed by atoms with van der Waals surface area (Å²) in [4.78, 5) is 29.2. The van der Waals surface area contributed by atoms with Gasteiger partial charge in [-0.2, -0.15) is 0 Å². The Morgan fingerprint density at radius 3 is 2.21 bits per heavy atom. The third-order valence-corrected chi connectivity index (χ3v) is 8.32. The van der Waals surface area contributed by atoms with Gasteiger partial charge in [0.25, 0.3) is 0 Å². The van der Waals surface area contributed by atoms with Crippen molar-refractivity contribution >= 4 is 27.5 Å². The molecule has 0 bridgehead atoms. The van der Waals surface area contributed by atoms with Gasteiger partial charge in [0.1, 0.15) is 6.61 Å². The lowest BCUT2D eigenvalue weighted by Gasteiger charge is -2.44. The van der Waals surface area contributed by atoms with Crippen LogP contribution in [0.25, 0.3) is 0 Å². The van der Waals surface area contributed by atoms with Gasteiger partial charge in [-0.1, -0.05) is 40.2 Å². The first-order valence-corrected chi connectivity index (χ1v) is 14.2. The Bertz CT molecular complexity index is 1250. The van der Waals surface area contributed by atoms with Gasteiger partial charge in [0.05, 0.1) is 13.2 Å². The van der Waals surface area contributed by atoms with Crippen molar-refractivity contribution in [3.05, 3.63) is 80.6 Å². The fourth-order valence-electron chi connectivity index (χ4n) is 5.87. The normalized spacial score (nSPS) is 18.0. The summed E-state index contributed by atoms with van der Waals surface area (Å²) in [5, 5.41) is 0. The number of hydrogen-bond donors (Lipinski definition) is 0. The molecule has 2 aromatic rings. The summed E-state index contributed by atoms with van der Waals surface area (Å²) in [7, 11) is 1.69. The second kappa shape index (κ2) is 11.9. The molecule has 1 heterocycles. The molecule has 0 atom stereocenters. The summed E-state index contributed by atoms with van der Waals surface area (Å²) in [6.07, 6.45) is 4.34. The molecule has 3 aliphatic rings. The topological polar surface area (TPSA) is 65.1 Å². The number of halogens is 1. The van der Waals surface area contributed by atoms with Gasteiger partial charge in [-0.05, 0) is 56.4 Å². The molecular weight excluding hydrogens is 546 g/mol. The molecule has 200 valence electrons. The van der Waals surface area contributed by atoms with Gasteiger partial charge in [0.15, 0.2) is 23.1 Å². The lowest BCUT2D eigenvalue weighted by Crippen LogP contribution is -2.40. The summed E-state index contributed by atoms with van der Waals surface area (Å²) in [6, 6.07) is 13.8. The standard InChI is InChI=1S/C31H34BrNO5/c1-3-37-28-18-20(14-15-27(28)38-19-21-8-4-5-9-22(21)32)29-30-23(10-6-12-25(30)34)33(16-17-36-2)24-11-7-13-26(35)31(24)29/h4-5,8-9,14-15,18,29H,3,6-7,10-13,16-17,19H2,1-2H3. The average Bonchev–Trinajstić information content (AvgIpc) is 2.92. The van der Waals surface area contributed by atoms with Crippen molar-refractivity contribution in [1.29, 1.82) is 0 Å². The van der Waals surface area contributed by atoms with E-state index in [2.05, 4.69) is 20.8 Å². The molecule has 0 saturated heterocycles. The van der Waals surface area contributed by atoms with Crippen LogP contribution < -0.4 is 9.47 Å². The lowest BCUT2D eigenvalue weighted by molar-refractivity contribution is -0.117. The molecule has 38 heavy (non-hydrogen) atoms. The van der Waals surface area contributed by atoms with Crippen molar-refractivity contribution in [2.45, 2.75) is 58.0 Å². The van der Waals surface area contributed by atoms with Crippen LogP contribution in [0.3, 0.4) is 0 Å². The summed E-state index contributed by atoms with van der Waals surface area (Å²) in [6.45, 7) is 3.99. The number of ether oxygens (including phenoxy) is 3. The number of benzene rings is 2. The lowest BCUT2D eigenvalue weighted by atomic mass is 9.71. The zero-order valence-corrected chi connectivity index (χ0v) is 23.6. The number of nitrogens with zero attached hydrogens (tertiary/aromatic N) is 1. The molecule has 0 radical (unpaired) electrons. The minimum atomic E-state index is -0.379. The van der Waals surface area contributed by atoms with Crippen molar-refractivity contribution in [2.24, 2.45) is 0 Å². The van der Waals surface area contributed by atoms with Crippen LogP contribution in [0.15, 0.2) is 69.5 Å². The molecule has 2 aliphatic carbocycles. The predicted octanol–water partition coefficient (Wildman–Crippen LogP) is 6.49. The van der Waals surface area contributed by atoms with Crippen molar-refractivity contribution in [3.8, 4) is 11.5 Å². The van der Waals surface area contributed by atoms with E-state index >= 15 is 0 Å². The SMILES string of the molecule is CCOc1cc(C2C3=C(CCCC3=O)N(CCOC)C3=C2C(=O)CCC3)ccc1OCc1ccccc1Br. The Morgan fingerprint density at radius 2 is 1.58 bits per heavy atom. The minimum absolute atomic E-state index is 0.135. The van der Waals surface area contributed by atoms with E-state index in [0.717, 1.165) is 63.8 Å². The molecular formula is C31H34BrNO5. The first-order valence-electron chi connectivity index (χ1n) is 13.4. The van der Waals surface area contributed by atoms with Gasteiger partial charge in [-0.25, -0.2) is 0 Å². The summed E-state index contributed by atoms with van der Waals surface area (Å²) < 4.78 is 18.6. The highest BCUT2D eigenvalue weighted by atomic mass is 79.9. The van der Waals surface area contributed by atoms with Gasteiger partial charge < -0.3 is 19.1 Å². The Balaban J connectivity index is 1.57. The molecule has 6 nitrogen and oxygen atoms in total. The maximum absolute atomic E-state index is 13.5. The molecule has 0 fully saturated rings. The molecule has 1 aliphatic heterocycles. The molecule has 0 saturated carbocycles. The van der Waals surface area contributed by atoms with E-state index in [4.69, 9.17) is 14.2 Å². The Morgan fingerprint density at radius 1 is 0.895 bits per heavy atom. The number of carbonyl (C=O) groups is 2. The number of methoxy groups -OCH3 is 1. The minimum Gasteiger partial charge on any atom is -0.490 e. The van der Waals surface area contributed by atoms with E-state index in [1.807, 2.05) is 49.4 Å². The fraction of sp³-hybridized carbons (Fsp3) is 0.419. The maximum atomic E-state index is 13.5. The van der Waals surface area contributed by atoms with Crippen LogP contribution in [-0.4, -0.2) is 43.3 Å². The van der Waals surface area contributed by atoms with Crippen LogP contribution in [0.2, 0.25) is 0 Å². The fourth-order valence-corrected chi connectivity index (χ4v) is 6.26. The van der Waals surface area contributed by atoms with Crippen LogP contribution in [0, 0.1) is 0 Å². The van der Waals surface area contributed by atoms with Crippen molar-refractivity contribution < 1.29 is 23.8 Å². The molecule has 0 unspecified atom stereocenters. The van der Waals surface area contributed by atoms with Gasteiger partial charge in [-0.15, -0.1) is 0 Å². The number of rotatable bonds is 9. The molecule has 0 spiro atoms. The third kappa shape index (κ3) is 5.19. The number of ketones is 2. The molecule has 7 heteroatoms. The zero-order chi connectivity index (χ0) is 26.6. The molecule has 0 amide bonds. The Kier molecular flexibility index (Phi) is 8.34. The van der Waals surface area contributed by atoms with Gasteiger partial charge in [0.2, 0.25) is 0 Å².